The summed E-state index contributed by atoms with van der Waals surface area (Å²) >= 11 is 0. The Labute approximate surface area is 154 Å². The minimum atomic E-state index is 0.147. The number of aliphatic imine (C=N–C) groups is 1. The highest BCUT2D eigenvalue weighted by atomic mass is 16.7. The molecule has 1 saturated carbocycles. The van der Waals surface area contributed by atoms with E-state index in [4.69, 9.17) is 19.2 Å². The Morgan fingerprint density at radius 1 is 1.23 bits per heavy atom. The van der Waals surface area contributed by atoms with Crippen LogP contribution in [0.5, 0.6) is 11.5 Å². The molecule has 140 valence electrons. The summed E-state index contributed by atoms with van der Waals surface area (Å²) in [5.74, 6) is 2.63. The molecule has 2 N–H and O–H groups in total. The van der Waals surface area contributed by atoms with Gasteiger partial charge in [0, 0.05) is 12.0 Å². The first-order valence-electron chi connectivity index (χ1n) is 9.86. The molecule has 3 aliphatic heterocycles. The fourth-order valence-electron chi connectivity index (χ4n) is 4.43. The Kier molecular flexibility index (Phi) is 3.96. The van der Waals surface area contributed by atoms with E-state index in [0.29, 0.717) is 25.0 Å². The highest BCUT2D eigenvalue weighted by Crippen LogP contribution is 2.50. The summed E-state index contributed by atoms with van der Waals surface area (Å²) in [5.41, 5.74) is 1.46. The van der Waals surface area contributed by atoms with Crippen molar-refractivity contribution >= 4 is 5.96 Å². The van der Waals surface area contributed by atoms with Crippen molar-refractivity contribution in [1.82, 2.24) is 10.6 Å². The topological polar surface area (TPSA) is 64.1 Å². The van der Waals surface area contributed by atoms with Crippen LogP contribution in [0.3, 0.4) is 0 Å². The van der Waals surface area contributed by atoms with E-state index >= 15 is 0 Å². The second-order valence-corrected chi connectivity index (χ2v) is 7.90. The first-order chi connectivity index (χ1) is 12.8. The summed E-state index contributed by atoms with van der Waals surface area (Å²) in [6.07, 6.45) is 6.63. The van der Waals surface area contributed by atoms with E-state index in [1.54, 1.807) is 0 Å². The van der Waals surface area contributed by atoms with Crippen LogP contribution >= 0.6 is 0 Å². The molecular formula is C20H27N3O3. The molecule has 3 unspecified atom stereocenters. The molecule has 6 heteroatoms. The lowest BCUT2D eigenvalue weighted by molar-refractivity contribution is 0.0992. The molecule has 0 radical (unpaired) electrons. The van der Waals surface area contributed by atoms with E-state index in [-0.39, 0.29) is 5.41 Å². The van der Waals surface area contributed by atoms with Crippen LogP contribution in [0.15, 0.2) is 23.2 Å². The van der Waals surface area contributed by atoms with Crippen LogP contribution in [0.2, 0.25) is 0 Å². The van der Waals surface area contributed by atoms with Crippen LogP contribution in [0.1, 0.15) is 44.6 Å². The van der Waals surface area contributed by atoms with Crippen LogP contribution in [0, 0.1) is 0 Å². The fourth-order valence-corrected chi connectivity index (χ4v) is 4.43. The van der Waals surface area contributed by atoms with E-state index < -0.39 is 0 Å². The lowest BCUT2D eigenvalue weighted by Crippen LogP contribution is -2.47. The quantitative estimate of drug-likeness (QED) is 0.625. The monoisotopic (exact) mass is 357 g/mol. The standard InChI is InChI=1S/C20H27N3O3/c1-2-21-19(23-15-10-14-4-6-16(15)26-14)22-11-20(7-8-20)13-3-5-17-18(9-13)25-12-24-17/h3,5,9,14-16H,2,4,6-8,10-12H2,1H3,(H2,21,22,23). The Balaban J connectivity index is 1.29. The van der Waals surface area contributed by atoms with Crippen LogP contribution in [-0.2, 0) is 10.2 Å². The smallest absolute Gasteiger partial charge is 0.231 e. The Hall–Kier alpha value is -1.95. The zero-order valence-electron chi connectivity index (χ0n) is 15.3. The molecule has 3 atom stereocenters. The number of nitrogens with one attached hydrogen (secondary N) is 2. The van der Waals surface area contributed by atoms with Gasteiger partial charge in [0.15, 0.2) is 17.5 Å². The molecule has 26 heavy (non-hydrogen) atoms. The van der Waals surface area contributed by atoms with Gasteiger partial charge in [-0.15, -0.1) is 0 Å². The summed E-state index contributed by atoms with van der Waals surface area (Å²) in [6.45, 7) is 4.09. The van der Waals surface area contributed by atoms with E-state index in [2.05, 4.69) is 29.7 Å². The van der Waals surface area contributed by atoms with Crippen LogP contribution in [-0.4, -0.2) is 44.1 Å². The zero-order chi connectivity index (χ0) is 17.6. The average molecular weight is 357 g/mol. The lowest BCUT2D eigenvalue weighted by atomic mass is 9.95. The van der Waals surface area contributed by atoms with E-state index in [1.807, 2.05) is 6.07 Å². The normalized spacial score (nSPS) is 30.5. The molecule has 0 spiro atoms. The molecule has 0 aromatic heterocycles. The average Bonchev–Trinajstić information content (AvgIpc) is 3.02. The maximum absolute atomic E-state index is 5.96. The number of ether oxygens (including phenoxy) is 3. The Morgan fingerprint density at radius 2 is 2.12 bits per heavy atom. The van der Waals surface area contributed by atoms with Gasteiger partial charge < -0.3 is 24.8 Å². The summed E-state index contributed by atoms with van der Waals surface area (Å²) < 4.78 is 16.9. The molecule has 4 aliphatic rings. The van der Waals surface area contributed by atoms with Crippen molar-refractivity contribution in [1.29, 1.82) is 0 Å². The molecule has 5 rings (SSSR count). The van der Waals surface area contributed by atoms with Crippen LogP contribution in [0.25, 0.3) is 0 Å². The van der Waals surface area contributed by atoms with E-state index in [1.165, 1.54) is 31.2 Å². The van der Waals surface area contributed by atoms with Crippen molar-refractivity contribution in [3.05, 3.63) is 23.8 Å². The van der Waals surface area contributed by atoms with Crippen molar-refractivity contribution in [2.24, 2.45) is 4.99 Å². The Bertz CT molecular complexity index is 716. The first kappa shape index (κ1) is 16.2. The number of hydrogen-bond acceptors (Lipinski definition) is 4. The highest BCUT2D eigenvalue weighted by molar-refractivity contribution is 5.80. The number of benzene rings is 1. The van der Waals surface area contributed by atoms with Crippen molar-refractivity contribution < 1.29 is 14.2 Å². The zero-order valence-corrected chi connectivity index (χ0v) is 15.3. The maximum Gasteiger partial charge on any atom is 0.231 e. The highest BCUT2D eigenvalue weighted by Gasteiger charge is 2.45. The SMILES string of the molecule is CCNC(=NCC1(c2ccc3c(c2)OCO3)CC1)NC1CC2CCC1O2. The van der Waals surface area contributed by atoms with Crippen molar-refractivity contribution in [2.75, 3.05) is 19.9 Å². The van der Waals surface area contributed by atoms with Gasteiger partial charge in [-0.25, -0.2) is 0 Å². The van der Waals surface area contributed by atoms with Gasteiger partial charge in [0.25, 0.3) is 0 Å². The molecule has 3 fully saturated rings. The predicted molar refractivity (Wildman–Crippen MR) is 98.9 cm³/mol. The third kappa shape index (κ3) is 2.90. The molecular weight excluding hydrogens is 330 g/mol. The van der Waals surface area contributed by atoms with Crippen molar-refractivity contribution in [3.63, 3.8) is 0 Å². The van der Waals surface area contributed by atoms with Gasteiger partial charge in [0.1, 0.15) is 0 Å². The summed E-state index contributed by atoms with van der Waals surface area (Å²) in [5, 5.41) is 7.01. The molecule has 1 aromatic rings. The minimum Gasteiger partial charge on any atom is -0.454 e. The first-order valence-corrected chi connectivity index (χ1v) is 9.86. The third-order valence-electron chi connectivity index (χ3n) is 6.15. The van der Waals surface area contributed by atoms with Gasteiger partial charge in [-0.05, 0) is 56.7 Å². The molecule has 6 nitrogen and oxygen atoms in total. The fraction of sp³-hybridized carbons (Fsp3) is 0.650. The van der Waals surface area contributed by atoms with Crippen molar-refractivity contribution in [2.45, 2.75) is 62.7 Å². The molecule has 1 aromatic carbocycles. The number of rotatable bonds is 5. The van der Waals surface area contributed by atoms with Gasteiger partial charge >= 0.3 is 0 Å². The number of fused-ring (bicyclic) bond motifs is 3. The second-order valence-electron chi connectivity index (χ2n) is 7.90. The largest absolute Gasteiger partial charge is 0.454 e. The van der Waals surface area contributed by atoms with E-state index in [9.17, 15) is 0 Å². The third-order valence-corrected chi connectivity index (χ3v) is 6.15. The summed E-state index contributed by atoms with van der Waals surface area (Å²) in [6, 6.07) is 6.72. The summed E-state index contributed by atoms with van der Waals surface area (Å²) in [4.78, 5) is 4.93. The lowest BCUT2D eigenvalue weighted by Gasteiger charge is -2.23. The molecule has 2 bridgehead atoms. The number of guanidine groups is 1. The molecule has 1 aliphatic carbocycles. The summed E-state index contributed by atoms with van der Waals surface area (Å²) in [7, 11) is 0. The van der Waals surface area contributed by atoms with Crippen LogP contribution < -0.4 is 20.1 Å². The Morgan fingerprint density at radius 3 is 2.85 bits per heavy atom. The number of nitrogens with zero attached hydrogens (tertiary/aromatic N) is 1. The molecule has 0 amide bonds. The number of hydrogen-bond donors (Lipinski definition) is 2. The molecule has 3 heterocycles. The van der Waals surface area contributed by atoms with Gasteiger partial charge in [0.2, 0.25) is 6.79 Å². The minimum absolute atomic E-state index is 0.147. The van der Waals surface area contributed by atoms with Gasteiger partial charge in [-0.2, -0.15) is 0 Å². The predicted octanol–water partition coefficient (Wildman–Crippen LogP) is 2.32. The van der Waals surface area contributed by atoms with Gasteiger partial charge in [-0.1, -0.05) is 6.07 Å². The van der Waals surface area contributed by atoms with Crippen molar-refractivity contribution in [3.8, 4) is 11.5 Å². The van der Waals surface area contributed by atoms with Gasteiger partial charge in [-0.3, -0.25) is 4.99 Å². The van der Waals surface area contributed by atoms with Gasteiger partial charge in [0.05, 0.1) is 24.8 Å². The van der Waals surface area contributed by atoms with E-state index in [0.717, 1.165) is 37.0 Å². The maximum atomic E-state index is 5.96. The second kappa shape index (κ2) is 6.34. The molecule has 2 saturated heterocycles. The van der Waals surface area contributed by atoms with Crippen LogP contribution in [0.4, 0.5) is 0 Å².